The van der Waals surface area contributed by atoms with Crippen molar-refractivity contribution in [2.45, 2.75) is 52.2 Å². The topological polar surface area (TPSA) is 35.5 Å². The molecule has 2 fully saturated rings. The quantitative estimate of drug-likeness (QED) is 0.581. The summed E-state index contributed by atoms with van der Waals surface area (Å²) < 4.78 is 12.1. The van der Waals surface area contributed by atoms with Gasteiger partial charge in [0, 0.05) is 11.8 Å². The highest BCUT2D eigenvalue weighted by atomic mass is 16.7. The van der Waals surface area contributed by atoms with Gasteiger partial charge in [-0.3, -0.25) is 4.79 Å². The molecule has 20 heavy (non-hydrogen) atoms. The predicted octanol–water partition coefficient (Wildman–Crippen LogP) is 3.65. The molecule has 2 aliphatic rings. The SMILES string of the molecule is C=C(C)[C@@H]1CC[C@@](C)(C/C=C/C(C)=O)C2(C1)OCCO2. The molecular weight excluding hydrogens is 252 g/mol. The van der Waals surface area contributed by atoms with Crippen molar-refractivity contribution in [3.05, 3.63) is 24.3 Å². The maximum Gasteiger partial charge on any atom is 0.174 e. The summed E-state index contributed by atoms with van der Waals surface area (Å²) in [5, 5.41) is 0. The van der Waals surface area contributed by atoms with Crippen molar-refractivity contribution in [3.8, 4) is 0 Å². The van der Waals surface area contributed by atoms with Crippen molar-refractivity contribution < 1.29 is 14.3 Å². The van der Waals surface area contributed by atoms with E-state index in [4.69, 9.17) is 9.47 Å². The van der Waals surface area contributed by atoms with Crippen LogP contribution in [0.2, 0.25) is 0 Å². The van der Waals surface area contributed by atoms with Crippen molar-refractivity contribution in [1.29, 1.82) is 0 Å². The summed E-state index contributed by atoms with van der Waals surface area (Å²) in [6, 6.07) is 0. The molecule has 1 saturated carbocycles. The number of hydrogen-bond donors (Lipinski definition) is 0. The lowest BCUT2D eigenvalue weighted by molar-refractivity contribution is -0.256. The normalized spacial score (nSPS) is 32.9. The molecule has 2 rings (SSSR count). The molecule has 0 bridgehead atoms. The molecule has 3 nitrogen and oxygen atoms in total. The summed E-state index contributed by atoms with van der Waals surface area (Å²) in [6.07, 6.45) is 7.47. The summed E-state index contributed by atoms with van der Waals surface area (Å²) in [5.74, 6) is 0.0557. The first-order chi connectivity index (χ1) is 9.39. The molecule has 2 atom stereocenters. The van der Waals surface area contributed by atoms with Crippen LogP contribution in [0.4, 0.5) is 0 Å². The molecule has 1 spiro atoms. The molecule has 0 unspecified atom stereocenters. The average molecular weight is 278 g/mol. The maximum atomic E-state index is 11.1. The van der Waals surface area contributed by atoms with Gasteiger partial charge in [0.25, 0.3) is 0 Å². The van der Waals surface area contributed by atoms with Crippen LogP contribution >= 0.6 is 0 Å². The Kier molecular flexibility index (Phi) is 4.50. The van der Waals surface area contributed by atoms with Crippen LogP contribution < -0.4 is 0 Å². The van der Waals surface area contributed by atoms with Crippen molar-refractivity contribution in [2.75, 3.05) is 13.2 Å². The number of carbonyl (C=O) groups excluding carboxylic acids is 1. The van der Waals surface area contributed by atoms with Crippen LogP contribution in [-0.4, -0.2) is 24.8 Å². The third kappa shape index (κ3) is 2.89. The van der Waals surface area contributed by atoms with Gasteiger partial charge in [-0.1, -0.05) is 25.2 Å². The van der Waals surface area contributed by atoms with Gasteiger partial charge in [-0.25, -0.2) is 0 Å². The first-order valence-electron chi connectivity index (χ1n) is 7.49. The predicted molar refractivity (Wildman–Crippen MR) is 79.3 cm³/mol. The summed E-state index contributed by atoms with van der Waals surface area (Å²) in [7, 11) is 0. The minimum Gasteiger partial charge on any atom is -0.347 e. The van der Waals surface area contributed by atoms with Crippen LogP contribution in [0.5, 0.6) is 0 Å². The van der Waals surface area contributed by atoms with Crippen LogP contribution in [0.15, 0.2) is 24.3 Å². The Balaban J connectivity index is 2.18. The Morgan fingerprint density at radius 1 is 1.35 bits per heavy atom. The highest BCUT2D eigenvalue weighted by Crippen LogP contribution is 2.54. The van der Waals surface area contributed by atoms with E-state index in [0.717, 1.165) is 25.7 Å². The highest BCUT2D eigenvalue weighted by Gasteiger charge is 2.55. The van der Waals surface area contributed by atoms with Gasteiger partial charge < -0.3 is 9.47 Å². The second-order valence-corrected chi connectivity index (χ2v) is 6.51. The Labute approximate surface area is 122 Å². The minimum atomic E-state index is -0.504. The van der Waals surface area contributed by atoms with E-state index in [1.807, 2.05) is 6.08 Å². The Morgan fingerprint density at radius 2 is 2.00 bits per heavy atom. The molecule has 112 valence electrons. The average Bonchev–Trinajstić information content (AvgIpc) is 2.82. The van der Waals surface area contributed by atoms with E-state index < -0.39 is 5.79 Å². The summed E-state index contributed by atoms with van der Waals surface area (Å²) >= 11 is 0. The van der Waals surface area contributed by atoms with Crippen LogP contribution in [0.25, 0.3) is 0 Å². The zero-order valence-corrected chi connectivity index (χ0v) is 12.9. The summed E-state index contributed by atoms with van der Waals surface area (Å²) in [6.45, 7) is 11.3. The van der Waals surface area contributed by atoms with Crippen LogP contribution in [-0.2, 0) is 14.3 Å². The monoisotopic (exact) mass is 278 g/mol. The maximum absolute atomic E-state index is 11.1. The number of rotatable bonds is 4. The zero-order valence-electron chi connectivity index (χ0n) is 12.9. The Bertz CT molecular complexity index is 418. The number of ether oxygens (including phenoxy) is 2. The third-order valence-electron chi connectivity index (χ3n) is 4.85. The zero-order chi connectivity index (χ0) is 14.8. The number of allylic oxidation sites excluding steroid dienone is 3. The molecule has 0 aromatic rings. The van der Waals surface area contributed by atoms with Gasteiger partial charge in [0.05, 0.1) is 13.2 Å². The Morgan fingerprint density at radius 3 is 2.55 bits per heavy atom. The number of carbonyl (C=O) groups is 1. The summed E-state index contributed by atoms with van der Waals surface area (Å²) in [4.78, 5) is 11.1. The molecule has 0 aromatic carbocycles. The van der Waals surface area contributed by atoms with Crippen LogP contribution in [0.3, 0.4) is 0 Å². The number of ketones is 1. The molecule has 3 heteroatoms. The first kappa shape index (κ1) is 15.5. The lowest BCUT2D eigenvalue weighted by atomic mass is 9.64. The fourth-order valence-corrected chi connectivity index (χ4v) is 3.44. The fraction of sp³-hybridized carbons (Fsp3) is 0.706. The van der Waals surface area contributed by atoms with Crippen molar-refractivity contribution in [1.82, 2.24) is 0 Å². The molecule has 1 heterocycles. The molecule has 0 radical (unpaired) electrons. The largest absolute Gasteiger partial charge is 0.347 e. The highest BCUT2D eigenvalue weighted by molar-refractivity contribution is 5.87. The van der Waals surface area contributed by atoms with Crippen molar-refractivity contribution in [3.63, 3.8) is 0 Å². The molecule has 1 aliphatic carbocycles. The second kappa shape index (κ2) is 5.82. The second-order valence-electron chi connectivity index (χ2n) is 6.51. The van der Waals surface area contributed by atoms with Gasteiger partial charge in [-0.2, -0.15) is 0 Å². The van der Waals surface area contributed by atoms with Gasteiger partial charge in [-0.05, 0) is 45.1 Å². The van der Waals surface area contributed by atoms with Crippen molar-refractivity contribution >= 4 is 5.78 Å². The van der Waals surface area contributed by atoms with E-state index in [2.05, 4.69) is 20.4 Å². The minimum absolute atomic E-state index is 0.0681. The molecule has 0 aromatic heterocycles. The first-order valence-corrected chi connectivity index (χ1v) is 7.49. The van der Waals surface area contributed by atoms with Crippen LogP contribution in [0, 0.1) is 11.3 Å². The van der Waals surface area contributed by atoms with E-state index in [0.29, 0.717) is 19.1 Å². The van der Waals surface area contributed by atoms with Gasteiger partial charge in [-0.15, -0.1) is 0 Å². The van der Waals surface area contributed by atoms with Gasteiger partial charge in [0.15, 0.2) is 11.6 Å². The molecule has 0 amide bonds. The molecule has 0 N–H and O–H groups in total. The lowest BCUT2D eigenvalue weighted by Crippen LogP contribution is -2.52. The van der Waals surface area contributed by atoms with Crippen molar-refractivity contribution in [2.24, 2.45) is 11.3 Å². The smallest absolute Gasteiger partial charge is 0.174 e. The summed E-state index contributed by atoms with van der Waals surface area (Å²) in [5.41, 5.74) is 1.14. The number of hydrogen-bond acceptors (Lipinski definition) is 3. The van der Waals surface area contributed by atoms with Gasteiger partial charge >= 0.3 is 0 Å². The lowest BCUT2D eigenvalue weighted by Gasteiger charge is -2.50. The fourth-order valence-electron chi connectivity index (χ4n) is 3.44. The van der Waals surface area contributed by atoms with E-state index in [-0.39, 0.29) is 11.2 Å². The third-order valence-corrected chi connectivity index (χ3v) is 4.85. The standard InChI is InChI=1S/C17H26O3/c1-13(2)15-7-9-16(4,8-5-6-14(3)18)17(12-15)19-10-11-20-17/h5-6,15H,1,7-12H2,2-4H3/b6-5+/t15-,16-/m1/s1. The van der Waals surface area contributed by atoms with E-state index >= 15 is 0 Å². The molecule has 1 aliphatic heterocycles. The van der Waals surface area contributed by atoms with E-state index in [1.54, 1.807) is 13.0 Å². The Hall–Kier alpha value is -0.930. The molecular formula is C17H26O3. The van der Waals surface area contributed by atoms with E-state index in [9.17, 15) is 4.79 Å². The molecule has 1 saturated heterocycles. The van der Waals surface area contributed by atoms with Crippen LogP contribution in [0.1, 0.15) is 46.5 Å². The van der Waals surface area contributed by atoms with Gasteiger partial charge in [0.2, 0.25) is 0 Å². The van der Waals surface area contributed by atoms with E-state index in [1.165, 1.54) is 5.57 Å². The van der Waals surface area contributed by atoms with Gasteiger partial charge in [0.1, 0.15) is 0 Å².